The lowest BCUT2D eigenvalue weighted by Gasteiger charge is -2.36. The third-order valence-corrected chi connectivity index (χ3v) is 3.63. The molecule has 1 aromatic rings. The highest BCUT2D eigenvalue weighted by atomic mass is 19.4. The van der Waals surface area contributed by atoms with E-state index in [9.17, 15) is 26.3 Å². The molecule has 1 saturated heterocycles. The second-order valence-corrected chi connectivity index (χ2v) is 5.22. The van der Waals surface area contributed by atoms with Gasteiger partial charge < -0.3 is 10.1 Å². The minimum absolute atomic E-state index is 0.0999. The molecule has 1 atom stereocenters. The number of ether oxygens (including phenoxy) is 1. The lowest BCUT2D eigenvalue weighted by Crippen LogP contribution is -2.49. The van der Waals surface area contributed by atoms with Crippen LogP contribution in [-0.4, -0.2) is 44.4 Å². The van der Waals surface area contributed by atoms with Crippen molar-refractivity contribution in [3.8, 4) is 5.75 Å². The van der Waals surface area contributed by atoms with Gasteiger partial charge in [-0.25, -0.2) is 0 Å². The van der Waals surface area contributed by atoms with E-state index in [1.165, 1.54) is 0 Å². The van der Waals surface area contributed by atoms with Crippen molar-refractivity contribution < 1.29 is 31.1 Å². The molecule has 1 aromatic carbocycles. The number of methoxy groups -OCH3 is 1. The van der Waals surface area contributed by atoms with E-state index < -0.39 is 29.5 Å². The van der Waals surface area contributed by atoms with Crippen LogP contribution in [0.4, 0.5) is 26.3 Å². The van der Waals surface area contributed by atoms with Gasteiger partial charge in [-0.3, -0.25) is 4.90 Å². The van der Waals surface area contributed by atoms with Gasteiger partial charge in [0.1, 0.15) is 11.8 Å². The molecule has 9 heteroatoms. The SMILES string of the molecule is COc1cc([C@H](N2CCNCC2)C(F)(F)F)cc(C(F)(F)F)c1. The molecule has 0 spiro atoms. The molecule has 0 radical (unpaired) electrons. The number of rotatable bonds is 3. The number of hydrogen-bond acceptors (Lipinski definition) is 3. The lowest BCUT2D eigenvalue weighted by molar-refractivity contribution is -0.188. The van der Waals surface area contributed by atoms with Gasteiger partial charge in [-0.05, 0) is 23.8 Å². The summed E-state index contributed by atoms with van der Waals surface area (Å²) in [6.07, 6.45) is -9.44. The Kier molecular flexibility index (Phi) is 5.10. The summed E-state index contributed by atoms with van der Waals surface area (Å²) < 4.78 is 83.9. The normalized spacial score (nSPS) is 18.7. The summed E-state index contributed by atoms with van der Waals surface area (Å²) in [5, 5.41) is 2.92. The van der Waals surface area contributed by atoms with E-state index in [-0.39, 0.29) is 18.8 Å². The summed E-state index contributed by atoms with van der Waals surface area (Å²) in [5.74, 6) is -0.251. The second kappa shape index (κ2) is 6.56. The molecule has 1 aliphatic rings. The predicted molar refractivity (Wildman–Crippen MR) is 71.2 cm³/mol. The second-order valence-electron chi connectivity index (χ2n) is 5.22. The Morgan fingerprint density at radius 2 is 1.65 bits per heavy atom. The van der Waals surface area contributed by atoms with E-state index in [0.717, 1.165) is 18.1 Å². The summed E-state index contributed by atoms with van der Waals surface area (Å²) in [6.45, 7) is 0.900. The van der Waals surface area contributed by atoms with Gasteiger partial charge in [0.05, 0.1) is 12.7 Å². The van der Waals surface area contributed by atoms with Crippen molar-refractivity contribution in [1.29, 1.82) is 0 Å². The maximum atomic E-state index is 13.5. The minimum atomic E-state index is -4.75. The first-order chi connectivity index (χ1) is 10.6. The zero-order chi connectivity index (χ0) is 17.3. The summed E-state index contributed by atoms with van der Waals surface area (Å²) >= 11 is 0. The Labute approximate surface area is 129 Å². The highest BCUT2D eigenvalue weighted by molar-refractivity contribution is 5.38. The number of halogens is 6. The number of hydrogen-bond donors (Lipinski definition) is 1. The number of piperazine rings is 1. The van der Waals surface area contributed by atoms with Gasteiger partial charge >= 0.3 is 12.4 Å². The molecule has 1 heterocycles. The van der Waals surface area contributed by atoms with Crippen molar-refractivity contribution in [3.05, 3.63) is 29.3 Å². The van der Waals surface area contributed by atoms with Crippen LogP contribution in [0.5, 0.6) is 5.75 Å². The van der Waals surface area contributed by atoms with Crippen molar-refractivity contribution in [3.63, 3.8) is 0 Å². The lowest BCUT2D eigenvalue weighted by atomic mass is 10.0. The monoisotopic (exact) mass is 342 g/mol. The molecule has 1 aliphatic heterocycles. The van der Waals surface area contributed by atoms with Gasteiger partial charge in [-0.1, -0.05) is 0 Å². The van der Waals surface area contributed by atoms with Gasteiger partial charge in [0.15, 0.2) is 0 Å². The molecule has 0 amide bonds. The smallest absolute Gasteiger partial charge is 0.416 e. The van der Waals surface area contributed by atoms with E-state index in [1.54, 1.807) is 0 Å². The van der Waals surface area contributed by atoms with Gasteiger partial charge in [0.25, 0.3) is 0 Å². The first-order valence-electron chi connectivity index (χ1n) is 6.90. The number of benzene rings is 1. The van der Waals surface area contributed by atoms with Crippen LogP contribution in [0.15, 0.2) is 18.2 Å². The van der Waals surface area contributed by atoms with Crippen molar-refractivity contribution in [2.45, 2.75) is 18.4 Å². The van der Waals surface area contributed by atoms with Gasteiger partial charge in [-0.15, -0.1) is 0 Å². The number of nitrogens with one attached hydrogen (secondary N) is 1. The number of nitrogens with zero attached hydrogens (tertiary/aromatic N) is 1. The zero-order valence-electron chi connectivity index (χ0n) is 12.3. The minimum Gasteiger partial charge on any atom is -0.497 e. The largest absolute Gasteiger partial charge is 0.497 e. The Bertz CT molecular complexity index is 537. The average molecular weight is 342 g/mol. The Hall–Kier alpha value is -1.48. The Morgan fingerprint density at radius 1 is 1.04 bits per heavy atom. The quantitative estimate of drug-likeness (QED) is 0.854. The van der Waals surface area contributed by atoms with Crippen LogP contribution < -0.4 is 10.1 Å². The predicted octanol–water partition coefficient (Wildman–Crippen LogP) is 3.22. The van der Waals surface area contributed by atoms with Crippen LogP contribution in [0.3, 0.4) is 0 Å². The van der Waals surface area contributed by atoms with E-state index in [4.69, 9.17) is 4.74 Å². The van der Waals surface area contributed by atoms with Crippen LogP contribution in [0, 0.1) is 0 Å². The molecule has 0 aromatic heterocycles. The van der Waals surface area contributed by atoms with E-state index in [2.05, 4.69) is 5.32 Å². The summed E-state index contributed by atoms with van der Waals surface area (Å²) in [5.41, 5.74) is -1.62. The molecule has 0 unspecified atom stereocenters. The van der Waals surface area contributed by atoms with Gasteiger partial charge in [0.2, 0.25) is 0 Å². The zero-order valence-corrected chi connectivity index (χ0v) is 12.3. The molecule has 130 valence electrons. The molecule has 1 N–H and O–H groups in total. The molecule has 23 heavy (non-hydrogen) atoms. The standard InChI is InChI=1S/C14H16F6N2O/c1-23-11-7-9(6-10(8-11)13(15,16)17)12(14(18,19)20)22-4-2-21-3-5-22/h6-8,12,21H,2-5H2,1H3/t12-/m0/s1. The maximum absolute atomic E-state index is 13.5. The fourth-order valence-electron chi connectivity index (χ4n) is 2.61. The molecular weight excluding hydrogens is 326 g/mol. The first-order valence-corrected chi connectivity index (χ1v) is 6.90. The molecule has 0 aliphatic carbocycles. The third-order valence-electron chi connectivity index (χ3n) is 3.63. The molecule has 1 fully saturated rings. The Balaban J connectivity index is 2.49. The molecule has 2 rings (SSSR count). The van der Waals surface area contributed by atoms with Crippen molar-refractivity contribution >= 4 is 0 Å². The molecule has 3 nitrogen and oxygen atoms in total. The fourth-order valence-corrected chi connectivity index (χ4v) is 2.61. The van der Waals surface area contributed by atoms with Crippen LogP contribution >= 0.6 is 0 Å². The molecular formula is C14H16F6N2O. The highest BCUT2D eigenvalue weighted by Crippen LogP contribution is 2.41. The Morgan fingerprint density at radius 3 is 2.13 bits per heavy atom. The third kappa shape index (κ3) is 4.29. The topological polar surface area (TPSA) is 24.5 Å². The van der Waals surface area contributed by atoms with Crippen LogP contribution in [-0.2, 0) is 6.18 Å². The average Bonchev–Trinajstić information content (AvgIpc) is 2.46. The molecule has 0 saturated carbocycles. The molecule has 0 bridgehead atoms. The van der Waals surface area contributed by atoms with E-state index in [1.807, 2.05) is 0 Å². The van der Waals surface area contributed by atoms with Crippen molar-refractivity contribution in [2.75, 3.05) is 33.3 Å². The maximum Gasteiger partial charge on any atom is 0.416 e. The van der Waals surface area contributed by atoms with Gasteiger partial charge in [-0.2, -0.15) is 26.3 Å². The van der Waals surface area contributed by atoms with Gasteiger partial charge in [0, 0.05) is 26.2 Å². The first kappa shape index (κ1) is 17.9. The summed E-state index contributed by atoms with van der Waals surface area (Å²) in [7, 11) is 1.12. The van der Waals surface area contributed by atoms with E-state index >= 15 is 0 Å². The van der Waals surface area contributed by atoms with E-state index in [0.29, 0.717) is 25.2 Å². The summed E-state index contributed by atoms with van der Waals surface area (Å²) in [4.78, 5) is 1.13. The number of alkyl halides is 6. The van der Waals surface area contributed by atoms with Crippen LogP contribution in [0.25, 0.3) is 0 Å². The fraction of sp³-hybridized carbons (Fsp3) is 0.571. The highest BCUT2D eigenvalue weighted by Gasteiger charge is 2.46. The summed E-state index contributed by atoms with van der Waals surface area (Å²) in [6, 6.07) is 0.146. The van der Waals surface area contributed by atoms with Crippen LogP contribution in [0.1, 0.15) is 17.2 Å². The van der Waals surface area contributed by atoms with Crippen molar-refractivity contribution in [2.24, 2.45) is 0 Å². The van der Waals surface area contributed by atoms with Crippen LogP contribution in [0.2, 0.25) is 0 Å². The van der Waals surface area contributed by atoms with Crippen molar-refractivity contribution in [1.82, 2.24) is 10.2 Å².